The van der Waals surface area contributed by atoms with Gasteiger partial charge in [-0.15, -0.1) is 5.10 Å². The number of rotatable bonds is 3. The van der Waals surface area contributed by atoms with Gasteiger partial charge < -0.3 is 4.42 Å². The highest BCUT2D eigenvalue weighted by Crippen LogP contribution is 2.30. The molecule has 0 aliphatic rings. The molecule has 0 saturated carbocycles. The largest absolute Gasteiger partial charge is 0.448 e. The van der Waals surface area contributed by atoms with E-state index in [1.807, 2.05) is 46.9 Å². The quantitative estimate of drug-likeness (QED) is 0.581. The molecule has 0 N–H and O–H groups in total. The molecule has 4 aromatic rings. The summed E-state index contributed by atoms with van der Waals surface area (Å²) in [6.07, 6.45) is 7.01. The maximum atomic E-state index is 5.39. The lowest BCUT2D eigenvalue weighted by molar-refractivity contribution is 0.569. The Labute approximate surface area is 124 Å². The van der Waals surface area contributed by atoms with Crippen LogP contribution in [0.4, 0.5) is 11.0 Å². The summed E-state index contributed by atoms with van der Waals surface area (Å²) < 4.78 is 7.22. The molecule has 21 heavy (non-hydrogen) atoms. The van der Waals surface area contributed by atoms with Crippen molar-refractivity contribution >= 4 is 27.3 Å². The molecule has 0 spiro atoms. The molecule has 7 heteroatoms. The zero-order valence-corrected chi connectivity index (χ0v) is 12.0. The minimum absolute atomic E-state index is 0.745. The highest BCUT2D eigenvalue weighted by Gasteiger charge is 2.16. The number of imidazole rings is 1. The van der Waals surface area contributed by atoms with E-state index in [-0.39, 0.29) is 0 Å². The van der Waals surface area contributed by atoms with Crippen LogP contribution in [-0.4, -0.2) is 26.6 Å². The Kier molecular flexibility index (Phi) is 2.71. The Balaban J connectivity index is 1.80. The molecule has 0 aromatic carbocycles. The smallest absolute Gasteiger partial charge is 0.214 e. The van der Waals surface area contributed by atoms with Gasteiger partial charge in [0.05, 0.1) is 18.2 Å². The van der Waals surface area contributed by atoms with Crippen LogP contribution in [0, 0.1) is 0 Å². The molecule has 4 aromatic heterocycles. The topological polar surface area (TPSA) is 59.5 Å². The van der Waals surface area contributed by atoms with Crippen LogP contribution in [0.25, 0.3) is 16.2 Å². The van der Waals surface area contributed by atoms with Crippen LogP contribution in [0.3, 0.4) is 0 Å². The summed E-state index contributed by atoms with van der Waals surface area (Å²) in [4.78, 5) is 11.3. The Morgan fingerprint density at radius 1 is 1.24 bits per heavy atom. The van der Waals surface area contributed by atoms with Crippen molar-refractivity contribution in [3.05, 3.63) is 49.1 Å². The van der Waals surface area contributed by atoms with E-state index in [9.17, 15) is 0 Å². The van der Waals surface area contributed by atoms with Crippen LogP contribution in [-0.2, 0) is 0 Å². The number of pyridine rings is 1. The summed E-state index contributed by atoms with van der Waals surface area (Å²) in [5.41, 5.74) is 1.91. The predicted molar refractivity (Wildman–Crippen MR) is 80.9 cm³/mol. The maximum Gasteiger partial charge on any atom is 0.214 e. The minimum Gasteiger partial charge on any atom is -0.448 e. The fourth-order valence-electron chi connectivity index (χ4n) is 2.08. The lowest BCUT2D eigenvalue weighted by Crippen LogP contribution is -2.08. The fraction of sp³-hybridized carbons (Fsp3) is 0.0714. The van der Waals surface area contributed by atoms with Crippen LogP contribution in [0.1, 0.15) is 0 Å². The number of nitrogens with zero attached hydrogens (tertiary/aromatic N) is 5. The van der Waals surface area contributed by atoms with Crippen LogP contribution >= 0.6 is 11.3 Å². The van der Waals surface area contributed by atoms with Gasteiger partial charge in [0.15, 0.2) is 0 Å². The predicted octanol–water partition coefficient (Wildman–Crippen LogP) is 3.21. The fourth-order valence-corrected chi connectivity index (χ4v) is 2.93. The van der Waals surface area contributed by atoms with E-state index in [2.05, 4.69) is 15.1 Å². The van der Waals surface area contributed by atoms with Crippen molar-refractivity contribution in [3.8, 4) is 11.3 Å². The number of hydrogen-bond acceptors (Lipinski definition) is 6. The molecule has 4 rings (SSSR count). The summed E-state index contributed by atoms with van der Waals surface area (Å²) in [7, 11) is 1.92. The van der Waals surface area contributed by atoms with Gasteiger partial charge in [0.25, 0.3) is 0 Å². The number of hydrogen-bond donors (Lipinski definition) is 0. The average Bonchev–Trinajstić information content (AvgIpc) is 3.23. The van der Waals surface area contributed by atoms with Gasteiger partial charge in [-0.05, 0) is 18.2 Å². The lowest BCUT2D eigenvalue weighted by Gasteiger charge is -2.10. The van der Waals surface area contributed by atoms with Gasteiger partial charge in [0, 0.05) is 31.1 Å². The molecule has 0 aliphatic carbocycles. The van der Waals surface area contributed by atoms with E-state index in [0.29, 0.717) is 0 Å². The van der Waals surface area contributed by atoms with Gasteiger partial charge >= 0.3 is 0 Å². The Bertz CT molecular complexity index is 865. The van der Waals surface area contributed by atoms with E-state index in [1.165, 1.54) is 11.3 Å². The monoisotopic (exact) mass is 297 g/mol. The molecule has 0 unspecified atom stereocenters. The molecule has 0 fully saturated rings. The second-order valence-electron chi connectivity index (χ2n) is 4.47. The number of fused-ring (bicyclic) bond motifs is 1. The van der Waals surface area contributed by atoms with Gasteiger partial charge in [-0.3, -0.25) is 9.88 Å². The molecule has 104 valence electrons. The first kappa shape index (κ1) is 12.1. The molecule has 0 atom stereocenters. The van der Waals surface area contributed by atoms with Crippen LogP contribution in [0.15, 0.2) is 53.5 Å². The molecule has 6 nitrogen and oxygen atoms in total. The van der Waals surface area contributed by atoms with Crippen LogP contribution in [0.2, 0.25) is 0 Å². The third kappa shape index (κ3) is 1.98. The molecule has 0 radical (unpaired) electrons. The second kappa shape index (κ2) is 4.71. The Morgan fingerprint density at radius 2 is 2.19 bits per heavy atom. The molecule has 0 bridgehead atoms. The van der Waals surface area contributed by atoms with Gasteiger partial charge in [0.1, 0.15) is 0 Å². The average molecular weight is 297 g/mol. The summed E-state index contributed by atoms with van der Waals surface area (Å²) in [6.45, 7) is 0. The summed E-state index contributed by atoms with van der Waals surface area (Å²) in [5, 5.41) is 5.43. The van der Waals surface area contributed by atoms with E-state index >= 15 is 0 Å². The van der Waals surface area contributed by atoms with Crippen molar-refractivity contribution in [1.82, 2.24) is 19.6 Å². The third-order valence-corrected chi connectivity index (χ3v) is 4.15. The summed E-state index contributed by atoms with van der Waals surface area (Å²) in [6, 6.07) is 7.64. The van der Waals surface area contributed by atoms with Crippen molar-refractivity contribution in [1.29, 1.82) is 0 Å². The van der Waals surface area contributed by atoms with Crippen molar-refractivity contribution in [2.75, 3.05) is 11.9 Å². The van der Waals surface area contributed by atoms with Gasteiger partial charge in [0.2, 0.25) is 16.0 Å². The van der Waals surface area contributed by atoms with Crippen molar-refractivity contribution in [2.45, 2.75) is 0 Å². The molecular weight excluding hydrogens is 286 g/mol. The Morgan fingerprint density at radius 3 is 2.95 bits per heavy atom. The lowest BCUT2D eigenvalue weighted by atomic mass is 10.2. The van der Waals surface area contributed by atoms with Gasteiger partial charge in [-0.25, -0.2) is 9.50 Å². The summed E-state index contributed by atoms with van der Waals surface area (Å²) in [5.74, 6) is 0.745. The molecule has 4 heterocycles. The van der Waals surface area contributed by atoms with E-state index < -0.39 is 0 Å². The SMILES string of the molecule is CN(c1ccco1)c1nn2c(-c3cccnc3)cnc2s1. The minimum atomic E-state index is 0.745. The normalized spacial score (nSPS) is 11.1. The third-order valence-electron chi connectivity index (χ3n) is 3.16. The number of anilines is 2. The molecular formula is C14H11N5OS. The van der Waals surface area contributed by atoms with E-state index in [0.717, 1.165) is 27.2 Å². The summed E-state index contributed by atoms with van der Waals surface area (Å²) >= 11 is 1.51. The van der Waals surface area contributed by atoms with Gasteiger partial charge in [-0.1, -0.05) is 11.3 Å². The van der Waals surface area contributed by atoms with Crippen molar-refractivity contribution < 1.29 is 4.42 Å². The number of aromatic nitrogens is 4. The maximum absolute atomic E-state index is 5.39. The molecule has 0 aliphatic heterocycles. The first-order valence-electron chi connectivity index (χ1n) is 6.35. The van der Waals surface area contributed by atoms with E-state index in [1.54, 1.807) is 18.7 Å². The van der Waals surface area contributed by atoms with Gasteiger partial charge in [-0.2, -0.15) is 0 Å². The zero-order valence-electron chi connectivity index (χ0n) is 11.2. The Hall–Kier alpha value is -2.67. The molecule has 0 saturated heterocycles. The first-order chi connectivity index (χ1) is 10.3. The standard InChI is InChI=1S/C14H11N5OS/c1-18(12-5-3-7-20-12)14-17-19-11(9-16-13(19)21-14)10-4-2-6-15-8-10/h2-9H,1H3. The van der Waals surface area contributed by atoms with Crippen molar-refractivity contribution in [3.63, 3.8) is 0 Å². The first-order valence-corrected chi connectivity index (χ1v) is 7.17. The number of furan rings is 1. The zero-order chi connectivity index (χ0) is 14.2. The molecule has 0 amide bonds. The van der Waals surface area contributed by atoms with Crippen molar-refractivity contribution in [2.24, 2.45) is 0 Å². The second-order valence-corrected chi connectivity index (χ2v) is 5.41. The highest BCUT2D eigenvalue weighted by atomic mass is 32.1. The van der Waals surface area contributed by atoms with Crippen LogP contribution in [0.5, 0.6) is 0 Å². The highest BCUT2D eigenvalue weighted by molar-refractivity contribution is 7.20. The van der Waals surface area contributed by atoms with Crippen LogP contribution < -0.4 is 4.90 Å². The van der Waals surface area contributed by atoms with E-state index in [4.69, 9.17) is 4.42 Å².